The summed E-state index contributed by atoms with van der Waals surface area (Å²) in [6.07, 6.45) is -2.68. The Bertz CT molecular complexity index is 1220. The van der Waals surface area contributed by atoms with Crippen LogP contribution in [0.5, 0.6) is 0 Å². The molecule has 0 saturated carbocycles. The average molecular weight is 453 g/mol. The Hall–Kier alpha value is -2.68. The molecular weight excluding hydrogens is 434 g/mol. The molecule has 1 aromatic heterocycles. The fourth-order valence-electron chi connectivity index (χ4n) is 4.31. The topological polar surface area (TPSA) is 59.3 Å². The molecule has 0 bridgehead atoms. The lowest BCUT2D eigenvalue weighted by atomic mass is 9.93. The highest BCUT2D eigenvalue weighted by atomic mass is 32.2. The third-order valence-corrected chi connectivity index (χ3v) is 6.73. The summed E-state index contributed by atoms with van der Waals surface area (Å²) in [5.41, 5.74) is 1.03. The molecule has 0 radical (unpaired) electrons. The van der Waals surface area contributed by atoms with Crippen LogP contribution in [0.1, 0.15) is 28.8 Å². The first-order chi connectivity index (χ1) is 14.6. The first-order valence-electron chi connectivity index (χ1n) is 9.62. The largest absolute Gasteiger partial charge is 0.481 e. The van der Waals surface area contributed by atoms with Gasteiger partial charge in [-0.15, -0.1) is 0 Å². The van der Waals surface area contributed by atoms with Crippen LogP contribution in [-0.2, 0) is 41.2 Å². The number of aromatic nitrogens is 1. The Balaban J connectivity index is 1.88. The zero-order chi connectivity index (χ0) is 22.5. The Morgan fingerprint density at radius 1 is 1.23 bits per heavy atom. The fraction of sp³-hybridized carbons (Fsp3) is 0.318. The molecule has 0 spiro atoms. The van der Waals surface area contributed by atoms with Gasteiger partial charge >= 0.3 is 12.1 Å². The van der Waals surface area contributed by atoms with Crippen molar-refractivity contribution in [1.29, 1.82) is 0 Å². The molecule has 0 amide bonds. The summed E-state index contributed by atoms with van der Waals surface area (Å²) >= 11 is 0. The van der Waals surface area contributed by atoms with Crippen LogP contribution in [0.2, 0.25) is 0 Å². The van der Waals surface area contributed by atoms with Crippen molar-refractivity contribution in [2.24, 2.45) is 5.92 Å². The molecule has 4 nitrogen and oxygen atoms in total. The number of carboxylic acid groups (broad SMARTS) is 1. The normalized spacial score (nSPS) is 17.5. The van der Waals surface area contributed by atoms with Crippen molar-refractivity contribution in [2.75, 3.05) is 6.26 Å². The summed E-state index contributed by atoms with van der Waals surface area (Å²) < 4.78 is 68.7. The van der Waals surface area contributed by atoms with E-state index in [1.165, 1.54) is 36.6 Å². The van der Waals surface area contributed by atoms with Crippen LogP contribution >= 0.6 is 0 Å². The molecule has 2 heterocycles. The molecule has 3 aromatic rings. The number of carboxylic acids is 1. The summed E-state index contributed by atoms with van der Waals surface area (Å²) in [7, 11) is -1.57. The number of carbonyl (C=O) groups is 1. The Morgan fingerprint density at radius 3 is 2.61 bits per heavy atom. The Labute approximate surface area is 177 Å². The van der Waals surface area contributed by atoms with Gasteiger partial charge in [0.15, 0.2) is 0 Å². The maximum atomic E-state index is 14.0. The van der Waals surface area contributed by atoms with Gasteiger partial charge in [0.2, 0.25) is 0 Å². The summed E-state index contributed by atoms with van der Waals surface area (Å²) in [5.74, 6) is -2.05. The number of halogens is 4. The summed E-state index contributed by atoms with van der Waals surface area (Å²) in [5, 5.41) is 9.88. The van der Waals surface area contributed by atoms with Crippen molar-refractivity contribution >= 4 is 27.7 Å². The van der Waals surface area contributed by atoms with Gasteiger partial charge < -0.3 is 9.67 Å². The van der Waals surface area contributed by atoms with E-state index in [2.05, 4.69) is 0 Å². The number of aliphatic carboxylic acids is 1. The maximum absolute atomic E-state index is 14.0. The first kappa shape index (κ1) is 21.5. The number of rotatable bonds is 4. The van der Waals surface area contributed by atoms with E-state index in [0.29, 0.717) is 29.3 Å². The molecule has 2 unspecified atom stereocenters. The zero-order valence-electron chi connectivity index (χ0n) is 16.5. The van der Waals surface area contributed by atoms with Crippen LogP contribution < -0.4 is 0 Å². The number of fused-ring (bicyclic) bond motifs is 3. The molecule has 0 saturated heterocycles. The molecule has 2 aromatic carbocycles. The highest BCUT2D eigenvalue weighted by Crippen LogP contribution is 2.38. The second-order valence-electron chi connectivity index (χ2n) is 7.72. The molecule has 164 valence electrons. The zero-order valence-corrected chi connectivity index (χ0v) is 17.3. The first-order valence-corrected chi connectivity index (χ1v) is 11.2. The lowest BCUT2D eigenvalue weighted by Gasteiger charge is -2.23. The van der Waals surface area contributed by atoms with Crippen molar-refractivity contribution in [3.05, 3.63) is 64.6 Å². The number of benzene rings is 2. The smallest absolute Gasteiger partial charge is 0.416 e. The van der Waals surface area contributed by atoms with Crippen LogP contribution in [-0.4, -0.2) is 26.1 Å². The molecule has 1 N–H and O–H groups in total. The van der Waals surface area contributed by atoms with Gasteiger partial charge in [0.05, 0.1) is 11.5 Å². The standard InChI is InChI=1S/C22H19F4NO3S/c1-31(30)15-5-2-12(18(10-15)22(24,25)26)8-16-17-9-14(23)4-7-20(17)27-11-13(21(28)29)3-6-19(16)27/h2,4-5,7,9-10,13H,3,6,8,11H2,1H3,(H,28,29). The van der Waals surface area contributed by atoms with Gasteiger partial charge in [-0.25, -0.2) is 4.39 Å². The Kier molecular flexibility index (Phi) is 5.41. The van der Waals surface area contributed by atoms with Crippen LogP contribution in [0.15, 0.2) is 41.3 Å². The number of hydrogen-bond donors (Lipinski definition) is 1. The van der Waals surface area contributed by atoms with Gasteiger partial charge in [-0.3, -0.25) is 9.00 Å². The van der Waals surface area contributed by atoms with Crippen molar-refractivity contribution in [3.8, 4) is 0 Å². The highest BCUT2D eigenvalue weighted by molar-refractivity contribution is 7.84. The molecule has 31 heavy (non-hydrogen) atoms. The molecule has 1 aliphatic heterocycles. The monoisotopic (exact) mass is 453 g/mol. The van der Waals surface area contributed by atoms with Crippen LogP contribution in [0.3, 0.4) is 0 Å². The van der Waals surface area contributed by atoms with E-state index in [9.17, 15) is 31.7 Å². The van der Waals surface area contributed by atoms with E-state index in [1.54, 1.807) is 4.57 Å². The van der Waals surface area contributed by atoms with Gasteiger partial charge in [0, 0.05) is 51.5 Å². The van der Waals surface area contributed by atoms with Crippen molar-refractivity contribution in [1.82, 2.24) is 4.57 Å². The molecular formula is C22H19F4NO3S. The summed E-state index contributed by atoms with van der Waals surface area (Å²) in [4.78, 5) is 11.5. The lowest BCUT2D eigenvalue weighted by Crippen LogP contribution is -2.26. The average Bonchev–Trinajstić information content (AvgIpc) is 2.99. The number of alkyl halides is 3. The second kappa shape index (κ2) is 7.78. The minimum absolute atomic E-state index is 0.00150. The minimum atomic E-state index is -4.64. The van der Waals surface area contributed by atoms with E-state index in [-0.39, 0.29) is 23.4 Å². The van der Waals surface area contributed by atoms with Crippen molar-refractivity contribution in [2.45, 2.75) is 36.9 Å². The van der Waals surface area contributed by atoms with Gasteiger partial charge in [0.1, 0.15) is 5.82 Å². The third-order valence-electron chi connectivity index (χ3n) is 5.82. The third kappa shape index (κ3) is 3.98. The second-order valence-corrected chi connectivity index (χ2v) is 9.10. The van der Waals surface area contributed by atoms with Crippen molar-refractivity contribution in [3.63, 3.8) is 0 Å². The van der Waals surface area contributed by atoms with Crippen LogP contribution in [0.4, 0.5) is 17.6 Å². The van der Waals surface area contributed by atoms with E-state index in [4.69, 9.17) is 0 Å². The molecule has 0 fully saturated rings. The fourth-order valence-corrected chi connectivity index (χ4v) is 4.85. The molecule has 2 atom stereocenters. The quantitative estimate of drug-likeness (QED) is 0.579. The van der Waals surface area contributed by atoms with Gasteiger partial charge in [-0.1, -0.05) is 6.07 Å². The van der Waals surface area contributed by atoms with Crippen molar-refractivity contribution < 1.29 is 31.7 Å². The predicted octanol–water partition coefficient (Wildman–Crippen LogP) is 4.77. The van der Waals surface area contributed by atoms with E-state index in [1.807, 2.05) is 0 Å². The van der Waals surface area contributed by atoms with Gasteiger partial charge in [-0.05, 0) is 54.3 Å². The predicted molar refractivity (Wildman–Crippen MR) is 108 cm³/mol. The maximum Gasteiger partial charge on any atom is 0.416 e. The summed E-state index contributed by atoms with van der Waals surface area (Å²) in [6.45, 7) is 0.187. The van der Waals surface area contributed by atoms with Gasteiger partial charge in [-0.2, -0.15) is 13.2 Å². The molecule has 4 rings (SSSR count). The van der Waals surface area contributed by atoms with E-state index in [0.717, 1.165) is 11.8 Å². The molecule has 9 heteroatoms. The lowest BCUT2D eigenvalue weighted by molar-refractivity contribution is -0.142. The van der Waals surface area contributed by atoms with Gasteiger partial charge in [0.25, 0.3) is 0 Å². The molecule has 1 aliphatic rings. The highest BCUT2D eigenvalue weighted by Gasteiger charge is 2.35. The van der Waals surface area contributed by atoms with E-state index < -0.39 is 40.2 Å². The SMILES string of the molecule is CS(=O)c1ccc(Cc2c3n(c4ccc(F)cc24)CC(C(=O)O)CC3)c(C(F)(F)F)c1. The molecule has 0 aliphatic carbocycles. The number of hydrogen-bond acceptors (Lipinski definition) is 2. The van der Waals surface area contributed by atoms with Crippen LogP contribution in [0, 0.1) is 11.7 Å². The summed E-state index contributed by atoms with van der Waals surface area (Å²) in [6, 6.07) is 7.71. The Morgan fingerprint density at radius 2 is 1.97 bits per heavy atom. The minimum Gasteiger partial charge on any atom is -0.481 e. The number of nitrogens with zero attached hydrogens (tertiary/aromatic N) is 1. The van der Waals surface area contributed by atoms with Crippen LogP contribution in [0.25, 0.3) is 10.9 Å². The van der Waals surface area contributed by atoms with E-state index >= 15 is 0 Å².